The van der Waals surface area contributed by atoms with Gasteiger partial charge in [-0.2, -0.15) is 0 Å². The van der Waals surface area contributed by atoms with E-state index in [1.54, 1.807) is 12.1 Å². The summed E-state index contributed by atoms with van der Waals surface area (Å²) in [6.45, 7) is 0. The van der Waals surface area contributed by atoms with Crippen molar-refractivity contribution in [1.82, 2.24) is 9.97 Å². The van der Waals surface area contributed by atoms with Gasteiger partial charge in [0.1, 0.15) is 11.5 Å². The first-order chi connectivity index (χ1) is 14.0. The van der Waals surface area contributed by atoms with Gasteiger partial charge in [0.05, 0.1) is 36.4 Å². The minimum absolute atomic E-state index is 0.0370. The predicted molar refractivity (Wildman–Crippen MR) is 114 cm³/mol. The van der Waals surface area contributed by atoms with Crippen LogP contribution in [0.15, 0.2) is 58.5 Å². The van der Waals surface area contributed by atoms with Crippen LogP contribution in [0.4, 0.5) is 5.69 Å². The quantitative estimate of drug-likeness (QED) is 0.436. The largest absolute Gasteiger partial charge is 0.495 e. The Hall–Kier alpha value is -2.97. The average Bonchev–Trinajstić information content (AvgIpc) is 2.73. The minimum Gasteiger partial charge on any atom is -0.495 e. The molecule has 0 saturated heterocycles. The molecule has 0 aliphatic heterocycles. The number of methoxy groups -OCH3 is 2. The van der Waals surface area contributed by atoms with Crippen LogP contribution >= 0.6 is 23.4 Å². The zero-order valence-electron chi connectivity index (χ0n) is 15.7. The Balaban J connectivity index is 1.72. The van der Waals surface area contributed by atoms with Gasteiger partial charge in [-0.3, -0.25) is 9.59 Å². The molecule has 0 aliphatic rings. The van der Waals surface area contributed by atoms with Crippen LogP contribution in [-0.2, 0) is 4.79 Å². The van der Waals surface area contributed by atoms with E-state index in [2.05, 4.69) is 15.3 Å². The van der Waals surface area contributed by atoms with Crippen LogP contribution in [-0.4, -0.2) is 35.8 Å². The first-order valence-electron chi connectivity index (χ1n) is 8.51. The van der Waals surface area contributed by atoms with Crippen molar-refractivity contribution in [1.29, 1.82) is 0 Å². The first-order valence-corrected chi connectivity index (χ1v) is 9.87. The van der Waals surface area contributed by atoms with E-state index < -0.39 is 0 Å². The van der Waals surface area contributed by atoms with Crippen LogP contribution in [0.5, 0.6) is 11.5 Å². The standard InChI is InChI=1S/C20H18ClN3O4S/c1-27-16-9-15(17(28-2)8-13(16)21)22-19(26)11-29-20-23-14(10-18(25)24-20)12-6-4-3-5-7-12/h3-10H,11H2,1-2H3,(H,22,26)(H,23,24,25). The molecule has 150 valence electrons. The summed E-state index contributed by atoms with van der Waals surface area (Å²) in [4.78, 5) is 31.4. The number of aromatic nitrogens is 2. The summed E-state index contributed by atoms with van der Waals surface area (Å²) in [6.07, 6.45) is 0. The molecule has 1 amide bonds. The molecule has 9 heteroatoms. The summed E-state index contributed by atoms with van der Waals surface area (Å²) >= 11 is 7.19. The van der Waals surface area contributed by atoms with Crippen LogP contribution in [0.3, 0.4) is 0 Å². The van der Waals surface area contributed by atoms with Gasteiger partial charge in [0.2, 0.25) is 5.91 Å². The molecule has 1 aromatic heterocycles. The molecule has 0 fully saturated rings. The number of aromatic amines is 1. The van der Waals surface area contributed by atoms with Gasteiger partial charge in [-0.05, 0) is 0 Å². The Morgan fingerprint density at radius 1 is 1.14 bits per heavy atom. The number of benzene rings is 2. The van der Waals surface area contributed by atoms with E-state index in [-0.39, 0.29) is 17.2 Å². The summed E-state index contributed by atoms with van der Waals surface area (Å²) in [6, 6.07) is 13.9. The van der Waals surface area contributed by atoms with Gasteiger partial charge < -0.3 is 19.8 Å². The average molecular weight is 432 g/mol. The van der Waals surface area contributed by atoms with Crippen LogP contribution in [0, 0.1) is 0 Å². The number of anilines is 1. The van der Waals surface area contributed by atoms with Gasteiger partial charge in [-0.1, -0.05) is 53.7 Å². The van der Waals surface area contributed by atoms with Crippen molar-refractivity contribution in [3.8, 4) is 22.8 Å². The van der Waals surface area contributed by atoms with Crippen molar-refractivity contribution in [2.24, 2.45) is 0 Å². The fourth-order valence-electron chi connectivity index (χ4n) is 2.54. The Labute approximate surface area is 176 Å². The molecule has 0 spiro atoms. The third-order valence-corrected chi connectivity index (χ3v) is 5.05. The van der Waals surface area contributed by atoms with E-state index in [1.807, 2.05) is 30.3 Å². The number of H-pyrrole nitrogens is 1. The molecule has 0 radical (unpaired) electrons. The summed E-state index contributed by atoms with van der Waals surface area (Å²) in [5, 5.41) is 3.48. The van der Waals surface area contributed by atoms with Gasteiger partial charge in [0, 0.05) is 23.8 Å². The lowest BCUT2D eigenvalue weighted by molar-refractivity contribution is -0.113. The highest BCUT2D eigenvalue weighted by molar-refractivity contribution is 7.99. The lowest BCUT2D eigenvalue weighted by atomic mass is 10.1. The number of carbonyl (C=O) groups excluding carboxylic acids is 1. The summed E-state index contributed by atoms with van der Waals surface area (Å²) in [5.41, 5.74) is 1.51. The first kappa shape index (κ1) is 20.8. The molecule has 3 aromatic rings. The molecule has 0 bridgehead atoms. The number of hydrogen-bond donors (Lipinski definition) is 2. The van der Waals surface area contributed by atoms with Crippen molar-refractivity contribution in [2.75, 3.05) is 25.3 Å². The number of thioether (sulfide) groups is 1. The van der Waals surface area contributed by atoms with E-state index in [4.69, 9.17) is 21.1 Å². The molecular weight excluding hydrogens is 414 g/mol. The van der Waals surface area contributed by atoms with Gasteiger partial charge >= 0.3 is 0 Å². The highest BCUT2D eigenvalue weighted by Gasteiger charge is 2.14. The van der Waals surface area contributed by atoms with Gasteiger partial charge in [-0.25, -0.2) is 4.98 Å². The molecular formula is C20H18ClN3O4S. The Morgan fingerprint density at radius 3 is 2.55 bits per heavy atom. The normalized spacial score (nSPS) is 10.4. The topological polar surface area (TPSA) is 93.3 Å². The third kappa shape index (κ3) is 5.30. The molecule has 2 aromatic carbocycles. The maximum Gasteiger partial charge on any atom is 0.252 e. The number of carbonyl (C=O) groups is 1. The van der Waals surface area contributed by atoms with Gasteiger partial charge in [0.15, 0.2) is 5.16 Å². The molecule has 29 heavy (non-hydrogen) atoms. The minimum atomic E-state index is -0.301. The van der Waals surface area contributed by atoms with Gasteiger partial charge in [-0.15, -0.1) is 0 Å². The molecule has 0 unspecified atom stereocenters. The highest BCUT2D eigenvalue weighted by Crippen LogP contribution is 2.36. The number of ether oxygens (including phenoxy) is 2. The van der Waals surface area contributed by atoms with E-state index in [9.17, 15) is 9.59 Å². The van der Waals surface area contributed by atoms with E-state index >= 15 is 0 Å². The monoisotopic (exact) mass is 431 g/mol. The highest BCUT2D eigenvalue weighted by atomic mass is 35.5. The number of nitrogens with one attached hydrogen (secondary N) is 2. The number of hydrogen-bond acceptors (Lipinski definition) is 6. The van der Waals surface area contributed by atoms with Crippen LogP contribution in [0.1, 0.15) is 0 Å². The fourth-order valence-corrected chi connectivity index (χ4v) is 3.45. The Bertz CT molecular complexity index is 1070. The molecule has 1 heterocycles. The molecule has 0 saturated carbocycles. The summed E-state index contributed by atoms with van der Waals surface area (Å²) < 4.78 is 10.4. The molecule has 7 nitrogen and oxygen atoms in total. The Kier molecular flexibility index (Phi) is 6.79. The van der Waals surface area contributed by atoms with Crippen molar-refractivity contribution in [3.63, 3.8) is 0 Å². The zero-order chi connectivity index (χ0) is 20.8. The molecule has 0 atom stereocenters. The predicted octanol–water partition coefficient (Wildman–Crippen LogP) is 3.84. The SMILES string of the molecule is COc1cc(NC(=O)CSc2nc(-c3ccccc3)cc(=O)[nH]2)c(OC)cc1Cl. The van der Waals surface area contributed by atoms with E-state index in [1.165, 1.54) is 20.3 Å². The number of halogens is 1. The van der Waals surface area contributed by atoms with E-state index in [0.717, 1.165) is 17.3 Å². The summed E-state index contributed by atoms with van der Waals surface area (Å²) in [7, 11) is 2.96. The molecule has 0 aliphatic carbocycles. The smallest absolute Gasteiger partial charge is 0.252 e. The molecule has 2 N–H and O–H groups in total. The number of nitrogens with zero attached hydrogens (tertiary/aromatic N) is 1. The fraction of sp³-hybridized carbons (Fsp3) is 0.150. The van der Waals surface area contributed by atoms with Crippen molar-refractivity contribution >= 4 is 35.0 Å². The second kappa shape index (κ2) is 9.49. The van der Waals surface area contributed by atoms with Crippen molar-refractivity contribution in [3.05, 3.63) is 63.9 Å². The number of amides is 1. The molecule has 3 rings (SSSR count). The van der Waals surface area contributed by atoms with Crippen LogP contribution in [0.25, 0.3) is 11.3 Å². The van der Waals surface area contributed by atoms with Gasteiger partial charge in [0.25, 0.3) is 5.56 Å². The maximum atomic E-state index is 12.4. The number of rotatable bonds is 7. The Morgan fingerprint density at radius 2 is 1.86 bits per heavy atom. The zero-order valence-corrected chi connectivity index (χ0v) is 17.3. The second-order valence-corrected chi connectivity index (χ2v) is 7.20. The summed E-state index contributed by atoms with van der Waals surface area (Å²) in [5.74, 6) is 0.559. The lowest BCUT2D eigenvalue weighted by Crippen LogP contribution is -2.16. The third-order valence-electron chi connectivity index (χ3n) is 3.88. The van der Waals surface area contributed by atoms with E-state index in [0.29, 0.717) is 33.1 Å². The van der Waals surface area contributed by atoms with Crippen LogP contribution in [0.2, 0.25) is 5.02 Å². The second-order valence-electron chi connectivity index (χ2n) is 5.83. The lowest BCUT2D eigenvalue weighted by Gasteiger charge is -2.13. The maximum absolute atomic E-state index is 12.4. The van der Waals surface area contributed by atoms with Crippen molar-refractivity contribution < 1.29 is 14.3 Å². The van der Waals surface area contributed by atoms with Crippen LogP contribution < -0.4 is 20.3 Å². The van der Waals surface area contributed by atoms with Crippen molar-refractivity contribution in [2.45, 2.75) is 5.16 Å².